The number of nitrogens with zero attached hydrogens (tertiary/aromatic N) is 1. The quantitative estimate of drug-likeness (QED) is 0.685. The molecule has 0 spiro atoms. The molecule has 1 aliphatic rings. The monoisotopic (exact) mass is 446 g/mol. The van der Waals surface area contributed by atoms with Gasteiger partial charge in [-0.1, -0.05) is 46.3 Å². The van der Waals surface area contributed by atoms with Crippen molar-refractivity contribution in [3.05, 3.63) is 69.0 Å². The highest BCUT2D eigenvalue weighted by molar-refractivity contribution is 9.10. The lowest BCUT2D eigenvalue weighted by Gasteiger charge is -2.12. The molecule has 2 N–H and O–H groups in total. The maximum atomic E-state index is 12.7. The van der Waals surface area contributed by atoms with E-state index in [-0.39, 0.29) is 24.3 Å². The number of rotatable bonds is 6. The predicted molar refractivity (Wildman–Crippen MR) is 107 cm³/mol. The van der Waals surface area contributed by atoms with Crippen LogP contribution in [-0.2, 0) is 16.1 Å². The van der Waals surface area contributed by atoms with Crippen LogP contribution in [0.4, 0.5) is 4.79 Å². The molecular weight excluding hydrogens is 432 g/mol. The highest BCUT2D eigenvalue weighted by Gasteiger charge is 2.35. The Morgan fingerprint density at radius 3 is 2.56 bits per heavy atom. The zero-order valence-electron chi connectivity index (χ0n) is 14.1. The summed E-state index contributed by atoms with van der Waals surface area (Å²) in [5.74, 6) is -0.548. The van der Waals surface area contributed by atoms with Crippen LogP contribution in [0.25, 0.3) is 6.08 Å². The Morgan fingerprint density at radius 1 is 1.15 bits per heavy atom. The van der Waals surface area contributed by atoms with E-state index in [4.69, 9.17) is 10.5 Å². The van der Waals surface area contributed by atoms with Gasteiger partial charge in [-0.2, -0.15) is 0 Å². The summed E-state index contributed by atoms with van der Waals surface area (Å²) in [5, 5.41) is -0.329. The minimum atomic E-state index is -0.598. The van der Waals surface area contributed by atoms with Crippen molar-refractivity contribution in [2.45, 2.75) is 6.54 Å². The number of nitrogens with two attached hydrogens (primary N) is 1. The van der Waals surface area contributed by atoms with Gasteiger partial charge in [-0.15, -0.1) is 0 Å². The number of carbonyl (C=O) groups excluding carboxylic acids is 3. The van der Waals surface area contributed by atoms with Gasteiger partial charge in [-0.25, -0.2) is 0 Å². The number of hydrogen-bond donors (Lipinski definition) is 1. The van der Waals surface area contributed by atoms with Gasteiger partial charge in [0.2, 0.25) is 0 Å². The molecule has 0 aromatic heterocycles. The van der Waals surface area contributed by atoms with Crippen LogP contribution in [0.1, 0.15) is 11.1 Å². The third-order valence-corrected chi connectivity index (χ3v) is 5.14. The first kappa shape index (κ1) is 19.2. The molecule has 1 fully saturated rings. The van der Waals surface area contributed by atoms with Gasteiger partial charge in [0, 0.05) is 10.0 Å². The van der Waals surface area contributed by atoms with Crippen LogP contribution < -0.4 is 10.5 Å². The van der Waals surface area contributed by atoms with E-state index in [0.29, 0.717) is 16.2 Å². The molecule has 0 radical (unpaired) electrons. The van der Waals surface area contributed by atoms with Crippen LogP contribution in [0.2, 0.25) is 0 Å². The molecule has 1 heterocycles. The Balaban J connectivity index is 1.80. The number of amides is 3. The van der Waals surface area contributed by atoms with E-state index in [0.717, 1.165) is 21.8 Å². The van der Waals surface area contributed by atoms with E-state index in [9.17, 15) is 14.4 Å². The van der Waals surface area contributed by atoms with Gasteiger partial charge in [0.1, 0.15) is 5.75 Å². The van der Waals surface area contributed by atoms with Crippen LogP contribution in [0.15, 0.2) is 57.9 Å². The van der Waals surface area contributed by atoms with Crippen LogP contribution >= 0.6 is 27.7 Å². The third kappa shape index (κ3) is 4.78. The van der Waals surface area contributed by atoms with E-state index in [1.165, 1.54) is 4.90 Å². The zero-order chi connectivity index (χ0) is 19.4. The van der Waals surface area contributed by atoms with Gasteiger partial charge in [0.25, 0.3) is 17.1 Å². The normalized spacial score (nSPS) is 15.4. The minimum Gasteiger partial charge on any atom is -0.483 e. The molecule has 0 saturated carbocycles. The number of hydrogen-bond acceptors (Lipinski definition) is 5. The second-order valence-corrected chi connectivity index (χ2v) is 7.60. The summed E-state index contributed by atoms with van der Waals surface area (Å²) in [6, 6.07) is 14.3. The molecule has 138 valence electrons. The smallest absolute Gasteiger partial charge is 0.293 e. The molecule has 3 amide bonds. The summed E-state index contributed by atoms with van der Waals surface area (Å²) in [6.07, 6.45) is 1.59. The lowest BCUT2D eigenvalue weighted by atomic mass is 10.1. The van der Waals surface area contributed by atoms with Gasteiger partial charge < -0.3 is 10.5 Å². The molecule has 3 rings (SSSR count). The zero-order valence-corrected chi connectivity index (χ0v) is 16.5. The number of para-hydroxylation sites is 1. The van der Waals surface area contributed by atoms with Gasteiger partial charge in [0.05, 0.1) is 11.4 Å². The fourth-order valence-electron chi connectivity index (χ4n) is 2.43. The van der Waals surface area contributed by atoms with Crippen molar-refractivity contribution in [3.63, 3.8) is 0 Å². The summed E-state index contributed by atoms with van der Waals surface area (Å²) in [4.78, 5) is 37.4. The number of imide groups is 1. The molecule has 1 saturated heterocycles. The second-order valence-electron chi connectivity index (χ2n) is 5.69. The average Bonchev–Trinajstić information content (AvgIpc) is 2.90. The molecule has 6 nitrogen and oxygen atoms in total. The fraction of sp³-hybridized carbons (Fsp3) is 0.105. The molecule has 0 unspecified atom stereocenters. The molecule has 2 aromatic carbocycles. The molecule has 2 aromatic rings. The van der Waals surface area contributed by atoms with Gasteiger partial charge >= 0.3 is 0 Å². The summed E-state index contributed by atoms with van der Waals surface area (Å²) < 4.78 is 6.29. The number of carbonyl (C=O) groups is 3. The van der Waals surface area contributed by atoms with E-state index in [1.54, 1.807) is 30.3 Å². The van der Waals surface area contributed by atoms with E-state index in [1.807, 2.05) is 24.3 Å². The van der Waals surface area contributed by atoms with Crippen molar-refractivity contribution in [3.8, 4) is 5.75 Å². The first-order valence-electron chi connectivity index (χ1n) is 7.94. The van der Waals surface area contributed by atoms with Gasteiger partial charge in [-0.3, -0.25) is 19.3 Å². The summed E-state index contributed by atoms with van der Waals surface area (Å²) in [5.41, 5.74) is 6.55. The highest BCUT2D eigenvalue weighted by Crippen LogP contribution is 2.34. The van der Waals surface area contributed by atoms with Crippen LogP contribution in [0.5, 0.6) is 5.75 Å². The van der Waals surface area contributed by atoms with Crippen molar-refractivity contribution in [1.29, 1.82) is 0 Å². The number of ether oxygens (including phenoxy) is 1. The molecule has 27 heavy (non-hydrogen) atoms. The molecular formula is C19H15BrN2O4S. The first-order chi connectivity index (χ1) is 12.9. The maximum Gasteiger partial charge on any atom is 0.293 e. The second kappa shape index (κ2) is 8.41. The van der Waals surface area contributed by atoms with Crippen LogP contribution in [-0.4, -0.2) is 28.6 Å². The Kier molecular flexibility index (Phi) is 5.98. The number of halogens is 1. The lowest BCUT2D eigenvalue weighted by Crippen LogP contribution is -2.27. The number of primary amides is 1. The van der Waals surface area contributed by atoms with Crippen molar-refractivity contribution in [2.24, 2.45) is 5.73 Å². The summed E-state index contributed by atoms with van der Waals surface area (Å²) in [6.45, 7) is -0.0645. The Labute approximate surface area is 168 Å². The molecule has 0 aliphatic carbocycles. The Bertz CT molecular complexity index is 928. The SMILES string of the molecule is NC(=O)COc1ccccc1/C=C1\SC(=O)N(Cc2ccc(Br)cc2)C1=O. The van der Waals surface area contributed by atoms with E-state index < -0.39 is 5.91 Å². The molecule has 1 aliphatic heterocycles. The number of thioether (sulfide) groups is 1. The van der Waals surface area contributed by atoms with Crippen molar-refractivity contribution < 1.29 is 19.1 Å². The highest BCUT2D eigenvalue weighted by atomic mass is 79.9. The van der Waals surface area contributed by atoms with Gasteiger partial charge in [-0.05, 0) is 41.6 Å². The predicted octanol–water partition coefficient (Wildman–Crippen LogP) is 3.55. The fourth-order valence-corrected chi connectivity index (χ4v) is 3.52. The average molecular weight is 447 g/mol. The number of benzene rings is 2. The minimum absolute atomic E-state index is 0.203. The summed E-state index contributed by atoms with van der Waals surface area (Å²) in [7, 11) is 0. The molecule has 8 heteroatoms. The van der Waals surface area contributed by atoms with E-state index >= 15 is 0 Å². The Morgan fingerprint density at radius 2 is 1.85 bits per heavy atom. The van der Waals surface area contributed by atoms with E-state index in [2.05, 4.69) is 15.9 Å². The van der Waals surface area contributed by atoms with Crippen molar-refractivity contribution >= 4 is 50.8 Å². The van der Waals surface area contributed by atoms with Gasteiger partial charge in [0.15, 0.2) is 6.61 Å². The largest absolute Gasteiger partial charge is 0.483 e. The Hall–Kier alpha value is -2.58. The first-order valence-corrected chi connectivity index (χ1v) is 9.55. The molecule has 0 bridgehead atoms. The molecule has 0 atom stereocenters. The van der Waals surface area contributed by atoms with Crippen molar-refractivity contribution in [2.75, 3.05) is 6.61 Å². The van der Waals surface area contributed by atoms with Crippen molar-refractivity contribution in [1.82, 2.24) is 4.90 Å². The van der Waals surface area contributed by atoms with Crippen LogP contribution in [0, 0.1) is 0 Å². The lowest BCUT2D eigenvalue weighted by molar-refractivity contribution is -0.123. The topological polar surface area (TPSA) is 89.7 Å². The maximum absolute atomic E-state index is 12.7. The standard InChI is InChI=1S/C19H15BrN2O4S/c20-14-7-5-12(6-8-14)10-22-18(24)16(27-19(22)25)9-13-3-1-2-4-15(13)26-11-17(21)23/h1-9H,10-11H2,(H2,21,23)/b16-9-. The van der Waals surface area contributed by atoms with Crippen LogP contribution in [0.3, 0.4) is 0 Å². The third-order valence-electron chi connectivity index (χ3n) is 3.70. The summed E-state index contributed by atoms with van der Waals surface area (Å²) >= 11 is 4.23.